The van der Waals surface area contributed by atoms with Gasteiger partial charge in [0.1, 0.15) is 6.10 Å². The Kier molecular flexibility index (Phi) is 4.18. The molecule has 6 rings (SSSR count). The van der Waals surface area contributed by atoms with Crippen LogP contribution in [0.1, 0.15) is 42.5 Å². The number of methoxy groups -OCH3 is 1. The van der Waals surface area contributed by atoms with E-state index < -0.39 is 0 Å². The van der Waals surface area contributed by atoms with Gasteiger partial charge >= 0.3 is 0 Å². The molecule has 0 aliphatic heterocycles. The molecule has 0 spiro atoms. The second-order valence-electron chi connectivity index (χ2n) is 8.58. The van der Waals surface area contributed by atoms with Gasteiger partial charge in [-0.15, -0.1) is 0 Å². The summed E-state index contributed by atoms with van der Waals surface area (Å²) in [5, 5.41) is 0. The fourth-order valence-corrected chi connectivity index (χ4v) is 6.01. The van der Waals surface area contributed by atoms with Gasteiger partial charge in [-0.1, -0.05) is 30.3 Å². The van der Waals surface area contributed by atoms with E-state index in [-0.39, 0.29) is 0 Å². The second kappa shape index (κ2) is 6.70. The quantitative estimate of drug-likeness (QED) is 0.670. The first-order chi connectivity index (χ1) is 13.2. The van der Waals surface area contributed by atoms with Crippen molar-refractivity contribution < 1.29 is 14.3 Å². The first kappa shape index (κ1) is 16.9. The molecule has 0 heterocycles. The van der Waals surface area contributed by atoms with Crippen molar-refractivity contribution in [2.24, 2.45) is 23.7 Å². The highest BCUT2D eigenvalue weighted by molar-refractivity contribution is 5.87. The van der Waals surface area contributed by atoms with E-state index in [2.05, 4.69) is 0 Å². The number of aldehydes is 1. The van der Waals surface area contributed by atoms with Crippen molar-refractivity contribution in [2.75, 3.05) is 7.11 Å². The summed E-state index contributed by atoms with van der Waals surface area (Å²) in [5.74, 6) is 4.83. The lowest BCUT2D eigenvalue weighted by Crippen LogP contribution is -2.50. The van der Waals surface area contributed by atoms with Crippen LogP contribution in [0, 0.1) is 23.7 Å². The maximum absolute atomic E-state index is 11.4. The molecule has 0 amide bonds. The van der Waals surface area contributed by atoms with Gasteiger partial charge in [0, 0.05) is 5.56 Å². The van der Waals surface area contributed by atoms with Crippen LogP contribution in [0.5, 0.6) is 11.5 Å². The third-order valence-corrected chi connectivity index (χ3v) is 6.97. The van der Waals surface area contributed by atoms with Crippen LogP contribution >= 0.6 is 0 Å². The fraction of sp³-hybridized carbons (Fsp3) is 0.458. The highest BCUT2D eigenvalue weighted by Crippen LogP contribution is 2.55. The van der Waals surface area contributed by atoms with Crippen LogP contribution < -0.4 is 9.47 Å². The molecule has 27 heavy (non-hydrogen) atoms. The first-order valence-corrected chi connectivity index (χ1v) is 10.1. The van der Waals surface area contributed by atoms with Gasteiger partial charge in [-0.2, -0.15) is 0 Å². The third-order valence-electron chi connectivity index (χ3n) is 6.97. The van der Waals surface area contributed by atoms with E-state index in [1.54, 1.807) is 7.11 Å². The molecular weight excluding hydrogens is 336 g/mol. The zero-order chi connectivity index (χ0) is 18.4. The van der Waals surface area contributed by atoms with Crippen LogP contribution in [0.2, 0.25) is 0 Å². The fourth-order valence-electron chi connectivity index (χ4n) is 6.01. The zero-order valence-corrected chi connectivity index (χ0v) is 15.8. The van der Waals surface area contributed by atoms with E-state index >= 15 is 0 Å². The van der Waals surface area contributed by atoms with Crippen molar-refractivity contribution in [1.82, 2.24) is 0 Å². The van der Waals surface area contributed by atoms with Gasteiger partial charge in [0.05, 0.1) is 7.11 Å². The zero-order valence-electron chi connectivity index (χ0n) is 15.8. The second-order valence-corrected chi connectivity index (χ2v) is 8.58. The summed E-state index contributed by atoms with van der Waals surface area (Å²) in [6.45, 7) is 0. The molecule has 2 aromatic rings. The van der Waals surface area contributed by atoms with Crippen LogP contribution in [-0.2, 0) is 0 Å². The minimum absolute atomic E-state index is 0.309. The maximum Gasteiger partial charge on any atom is 0.162 e. The van der Waals surface area contributed by atoms with E-state index in [1.165, 1.54) is 32.1 Å². The van der Waals surface area contributed by atoms with Crippen LogP contribution in [0.25, 0.3) is 11.1 Å². The Labute approximate surface area is 160 Å². The van der Waals surface area contributed by atoms with Gasteiger partial charge in [0.2, 0.25) is 0 Å². The lowest BCUT2D eigenvalue weighted by Gasteiger charge is -2.53. The van der Waals surface area contributed by atoms with Gasteiger partial charge in [-0.25, -0.2) is 0 Å². The molecule has 0 saturated heterocycles. The first-order valence-electron chi connectivity index (χ1n) is 10.1. The lowest BCUT2D eigenvalue weighted by atomic mass is 9.55. The van der Waals surface area contributed by atoms with Gasteiger partial charge in [-0.05, 0) is 79.0 Å². The average Bonchev–Trinajstić information content (AvgIpc) is 2.70. The molecule has 0 aromatic heterocycles. The SMILES string of the molecule is COc1ccc(-c2ccccc2C=O)cc1OC1C2CC3CC(C2)CC1C3. The number of carbonyl (C=O) groups is 1. The number of benzene rings is 2. The van der Waals surface area contributed by atoms with E-state index in [0.717, 1.165) is 40.7 Å². The molecule has 0 N–H and O–H groups in total. The van der Waals surface area contributed by atoms with Gasteiger partial charge in [0.15, 0.2) is 17.8 Å². The standard InChI is InChI=1S/C24H26O3/c1-26-22-7-6-17(21-5-3-2-4-18(21)14-25)13-23(22)27-24-19-9-15-8-16(11-19)12-20(24)10-15/h2-7,13-16,19-20,24H,8-12H2,1H3. The van der Waals surface area contributed by atoms with E-state index in [0.29, 0.717) is 23.5 Å². The summed E-state index contributed by atoms with van der Waals surface area (Å²) in [6, 6.07) is 13.7. The molecule has 3 nitrogen and oxygen atoms in total. The number of hydrogen-bond acceptors (Lipinski definition) is 3. The van der Waals surface area contributed by atoms with E-state index in [1.807, 2.05) is 42.5 Å². The molecule has 4 saturated carbocycles. The minimum Gasteiger partial charge on any atom is -0.493 e. The molecule has 0 atom stereocenters. The normalized spacial score (nSPS) is 30.9. The smallest absolute Gasteiger partial charge is 0.162 e. The third kappa shape index (κ3) is 2.93. The van der Waals surface area contributed by atoms with Gasteiger partial charge < -0.3 is 9.47 Å². The van der Waals surface area contributed by atoms with Crippen LogP contribution in [0.3, 0.4) is 0 Å². The summed E-state index contributed by atoms with van der Waals surface area (Å²) in [6.07, 6.45) is 7.98. The molecule has 2 aromatic carbocycles. The molecule has 4 bridgehead atoms. The summed E-state index contributed by atoms with van der Waals surface area (Å²) in [7, 11) is 1.69. The Hall–Kier alpha value is -2.29. The number of rotatable bonds is 5. The summed E-state index contributed by atoms with van der Waals surface area (Å²) >= 11 is 0. The molecule has 140 valence electrons. The summed E-state index contributed by atoms with van der Waals surface area (Å²) < 4.78 is 12.2. The number of carbonyl (C=O) groups excluding carboxylic acids is 1. The molecule has 0 unspecified atom stereocenters. The molecule has 0 radical (unpaired) electrons. The van der Waals surface area contributed by atoms with Crippen molar-refractivity contribution in [3.05, 3.63) is 48.0 Å². The van der Waals surface area contributed by atoms with Crippen molar-refractivity contribution >= 4 is 6.29 Å². The minimum atomic E-state index is 0.309. The highest BCUT2D eigenvalue weighted by atomic mass is 16.5. The van der Waals surface area contributed by atoms with Crippen molar-refractivity contribution in [3.8, 4) is 22.6 Å². The Morgan fingerprint density at radius 3 is 2.26 bits per heavy atom. The molecule has 4 aliphatic rings. The number of ether oxygens (including phenoxy) is 2. The van der Waals surface area contributed by atoms with Crippen molar-refractivity contribution in [3.63, 3.8) is 0 Å². The molecular formula is C24H26O3. The maximum atomic E-state index is 11.4. The Balaban J connectivity index is 1.47. The van der Waals surface area contributed by atoms with Crippen molar-refractivity contribution in [1.29, 1.82) is 0 Å². The van der Waals surface area contributed by atoms with Crippen molar-refractivity contribution in [2.45, 2.75) is 38.2 Å². The monoisotopic (exact) mass is 362 g/mol. The topological polar surface area (TPSA) is 35.5 Å². The Morgan fingerprint density at radius 2 is 1.59 bits per heavy atom. The van der Waals surface area contributed by atoms with E-state index in [4.69, 9.17) is 9.47 Å². The average molecular weight is 362 g/mol. The highest BCUT2D eigenvalue weighted by Gasteiger charge is 2.49. The predicted molar refractivity (Wildman–Crippen MR) is 105 cm³/mol. The Bertz CT molecular complexity index is 828. The largest absolute Gasteiger partial charge is 0.493 e. The lowest BCUT2D eigenvalue weighted by molar-refractivity contribution is -0.0795. The van der Waals surface area contributed by atoms with Crippen LogP contribution in [0.15, 0.2) is 42.5 Å². The molecule has 4 aliphatic carbocycles. The predicted octanol–water partition coefficient (Wildman–Crippen LogP) is 5.38. The molecule has 4 fully saturated rings. The summed E-state index contributed by atoms with van der Waals surface area (Å²) in [5.41, 5.74) is 2.63. The van der Waals surface area contributed by atoms with Gasteiger partial charge in [0.25, 0.3) is 0 Å². The van der Waals surface area contributed by atoms with Crippen LogP contribution in [-0.4, -0.2) is 19.5 Å². The molecule has 3 heteroatoms. The van der Waals surface area contributed by atoms with Crippen LogP contribution in [0.4, 0.5) is 0 Å². The van der Waals surface area contributed by atoms with Gasteiger partial charge in [-0.3, -0.25) is 4.79 Å². The summed E-state index contributed by atoms with van der Waals surface area (Å²) in [4.78, 5) is 11.4. The Morgan fingerprint density at radius 1 is 0.889 bits per heavy atom. The van der Waals surface area contributed by atoms with E-state index in [9.17, 15) is 4.79 Å². The number of hydrogen-bond donors (Lipinski definition) is 0.